The van der Waals surface area contributed by atoms with Gasteiger partial charge in [-0.15, -0.1) is 0 Å². The lowest BCUT2D eigenvalue weighted by atomic mass is 10.1. The van der Waals surface area contributed by atoms with Crippen LogP contribution in [0, 0.1) is 5.92 Å². The maximum atomic E-state index is 12.2. The summed E-state index contributed by atoms with van der Waals surface area (Å²) < 4.78 is 5.23. The molecule has 0 aromatic carbocycles. The van der Waals surface area contributed by atoms with Gasteiger partial charge in [0.05, 0.1) is 5.02 Å². The number of carbonyl (C=O) groups excluding carboxylic acids is 2. The van der Waals surface area contributed by atoms with Crippen LogP contribution >= 0.6 is 11.6 Å². The average Bonchev–Trinajstić information content (AvgIpc) is 2.87. The van der Waals surface area contributed by atoms with E-state index in [0.717, 1.165) is 12.8 Å². The van der Waals surface area contributed by atoms with Gasteiger partial charge in [-0.1, -0.05) is 11.6 Å². The number of hydrogen-bond acceptors (Lipinski definition) is 4. The van der Waals surface area contributed by atoms with Gasteiger partial charge in [0.25, 0.3) is 0 Å². The fourth-order valence-corrected chi connectivity index (χ4v) is 2.61. The molecule has 2 atom stereocenters. The molecule has 126 valence electrons. The third-order valence-corrected chi connectivity index (χ3v) is 3.73. The number of halogens is 1. The Hall–Kier alpha value is -1.82. The molecule has 2 rings (SSSR count). The van der Waals surface area contributed by atoms with Gasteiger partial charge < -0.3 is 15.4 Å². The van der Waals surface area contributed by atoms with Crippen molar-refractivity contribution in [1.29, 1.82) is 0 Å². The first-order valence-electron chi connectivity index (χ1n) is 7.65. The van der Waals surface area contributed by atoms with Crippen LogP contribution in [0.2, 0.25) is 5.02 Å². The lowest BCUT2D eigenvalue weighted by Crippen LogP contribution is -2.38. The molecule has 23 heavy (non-hydrogen) atoms. The number of hydrogen-bond donors (Lipinski definition) is 2. The number of amides is 2. The molecule has 0 unspecified atom stereocenters. The van der Waals surface area contributed by atoms with E-state index in [1.165, 1.54) is 6.20 Å². The zero-order valence-corrected chi connectivity index (χ0v) is 14.3. The number of ether oxygens (including phenoxy) is 1. The van der Waals surface area contributed by atoms with E-state index in [1.807, 2.05) is 20.8 Å². The molecule has 1 fully saturated rings. The molecule has 2 amide bonds. The Labute approximate surface area is 140 Å². The number of carbonyl (C=O) groups is 2. The first kappa shape index (κ1) is 17.5. The highest BCUT2D eigenvalue weighted by Crippen LogP contribution is 2.27. The van der Waals surface area contributed by atoms with Gasteiger partial charge >= 0.3 is 6.09 Å². The van der Waals surface area contributed by atoms with Crippen LogP contribution in [0.1, 0.15) is 40.0 Å². The minimum absolute atomic E-state index is 0.0428. The number of anilines is 1. The second kappa shape index (κ2) is 7.17. The van der Waals surface area contributed by atoms with Crippen molar-refractivity contribution in [2.24, 2.45) is 5.92 Å². The molecule has 0 spiro atoms. The van der Waals surface area contributed by atoms with Crippen molar-refractivity contribution in [1.82, 2.24) is 10.3 Å². The van der Waals surface area contributed by atoms with E-state index in [0.29, 0.717) is 17.3 Å². The number of rotatable bonds is 3. The molecule has 1 aromatic rings. The van der Waals surface area contributed by atoms with Crippen LogP contribution in [0.4, 0.5) is 10.6 Å². The Bertz CT molecular complexity index is 569. The summed E-state index contributed by atoms with van der Waals surface area (Å²) in [6, 6.07) is 3.29. The van der Waals surface area contributed by atoms with Crippen LogP contribution in [0.15, 0.2) is 18.3 Å². The zero-order valence-electron chi connectivity index (χ0n) is 13.6. The molecule has 1 heterocycles. The third kappa shape index (κ3) is 5.71. The van der Waals surface area contributed by atoms with Crippen LogP contribution in [0.3, 0.4) is 0 Å². The highest BCUT2D eigenvalue weighted by Gasteiger charge is 2.31. The van der Waals surface area contributed by atoms with Gasteiger partial charge in [0, 0.05) is 18.2 Å². The van der Waals surface area contributed by atoms with Crippen molar-refractivity contribution >= 4 is 29.4 Å². The molecule has 1 aliphatic rings. The SMILES string of the molecule is CC(C)(C)OC(=O)N[C@@H]1CC[C@H](C(=O)Nc2ccc(Cl)cn2)C1. The zero-order chi connectivity index (χ0) is 17.0. The van der Waals surface area contributed by atoms with E-state index in [1.54, 1.807) is 12.1 Å². The molecule has 0 aliphatic heterocycles. The Morgan fingerprint density at radius 1 is 1.30 bits per heavy atom. The summed E-state index contributed by atoms with van der Waals surface area (Å²) >= 11 is 5.76. The Balaban J connectivity index is 1.81. The van der Waals surface area contributed by atoms with Gasteiger partial charge in [-0.05, 0) is 52.2 Å². The van der Waals surface area contributed by atoms with Gasteiger partial charge in [-0.2, -0.15) is 0 Å². The van der Waals surface area contributed by atoms with Crippen LogP contribution in [-0.4, -0.2) is 28.6 Å². The molecule has 1 aromatic heterocycles. The van der Waals surface area contributed by atoms with Crippen molar-refractivity contribution in [2.75, 3.05) is 5.32 Å². The molecule has 0 saturated heterocycles. The Morgan fingerprint density at radius 3 is 2.65 bits per heavy atom. The van der Waals surface area contributed by atoms with E-state index in [9.17, 15) is 9.59 Å². The first-order valence-corrected chi connectivity index (χ1v) is 8.02. The summed E-state index contributed by atoms with van der Waals surface area (Å²) in [7, 11) is 0. The predicted octanol–water partition coefficient (Wildman–Crippen LogP) is 3.37. The molecule has 0 bridgehead atoms. The van der Waals surface area contributed by atoms with E-state index in [2.05, 4.69) is 15.6 Å². The predicted molar refractivity (Wildman–Crippen MR) is 88.4 cm³/mol. The molecule has 1 saturated carbocycles. The third-order valence-electron chi connectivity index (χ3n) is 3.50. The molecule has 6 nitrogen and oxygen atoms in total. The molecule has 0 radical (unpaired) electrons. The normalized spacial score (nSPS) is 20.9. The van der Waals surface area contributed by atoms with Crippen molar-refractivity contribution < 1.29 is 14.3 Å². The summed E-state index contributed by atoms with van der Waals surface area (Å²) in [4.78, 5) is 28.0. The van der Waals surface area contributed by atoms with E-state index in [-0.39, 0.29) is 17.9 Å². The Kier molecular flexibility index (Phi) is 5.46. The summed E-state index contributed by atoms with van der Waals surface area (Å²) in [5, 5.41) is 6.11. The molecular weight excluding hydrogens is 318 g/mol. The van der Waals surface area contributed by atoms with Gasteiger partial charge in [0.1, 0.15) is 11.4 Å². The molecule has 1 aliphatic carbocycles. The fraction of sp³-hybridized carbons (Fsp3) is 0.562. The lowest BCUT2D eigenvalue weighted by Gasteiger charge is -2.21. The summed E-state index contributed by atoms with van der Waals surface area (Å²) in [6.45, 7) is 5.45. The Morgan fingerprint density at radius 2 is 2.04 bits per heavy atom. The minimum Gasteiger partial charge on any atom is -0.444 e. The molecule has 7 heteroatoms. The number of pyridine rings is 1. The minimum atomic E-state index is -0.528. The largest absolute Gasteiger partial charge is 0.444 e. The van der Waals surface area contributed by atoms with E-state index in [4.69, 9.17) is 16.3 Å². The van der Waals surface area contributed by atoms with Crippen molar-refractivity contribution in [2.45, 2.75) is 51.7 Å². The number of nitrogens with zero attached hydrogens (tertiary/aromatic N) is 1. The van der Waals surface area contributed by atoms with E-state index >= 15 is 0 Å². The van der Waals surface area contributed by atoms with Crippen molar-refractivity contribution in [3.63, 3.8) is 0 Å². The van der Waals surface area contributed by atoms with Gasteiger partial charge in [0.15, 0.2) is 0 Å². The number of nitrogens with one attached hydrogen (secondary N) is 2. The van der Waals surface area contributed by atoms with E-state index < -0.39 is 11.7 Å². The summed E-state index contributed by atoms with van der Waals surface area (Å²) in [5.41, 5.74) is -0.528. The summed E-state index contributed by atoms with van der Waals surface area (Å²) in [5.74, 6) is 0.240. The quantitative estimate of drug-likeness (QED) is 0.884. The maximum Gasteiger partial charge on any atom is 0.407 e. The van der Waals surface area contributed by atoms with Crippen LogP contribution < -0.4 is 10.6 Å². The number of alkyl carbamates (subject to hydrolysis) is 1. The van der Waals surface area contributed by atoms with Crippen LogP contribution in [0.5, 0.6) is 0 Å². The second-order valence-electron chi connectivity index (χ2n) is 6.70. The number of aromatic nitrogens is 1. The standard InChI is InChI=1S/C16H22ClN3O3/c1-16(2,3)23-15(22)19-12-6-4-10(8-12)14(21)20-13-7-5-11(17)9-18-13/h5,7,9-10,12H,4,6,8H2,1-3H3,(H,19,22)(H,18,20,21)/t10-,12+/m0/s1. The highest BCUT2D eigenvalue weighted by molar-refractivity contribution is 6.30. The van der Waals surface area contributed by atoms with Crippen molar-refractivity contribution in [3.05, 3.63) is 23.4 Å². The molecule has 2 N–H and O–H groups in total. The first-order chi connectivity index (χ1) is 10.7. The van der Waals surface area contributed by atoms with Crippen LogP contribution in [-0.2, 0) is 9.53 Å². The molecular formula is C16H22ClN3O3. The topological polar surface area (TPSA) is 80.3 Å². The van der Waals surface area contributed by atoms with Gasteiger partial charge in [-0.25, -0.2) is 9.78 Å². The smallest absolute Gasteiger partial charge is 0.407 e. The second-order valence-corrected chi connectivity index (χ2v) is 7.14. The van der Waals surface area contributed by atoms with Crippen LogP contribution in [0.25, 0.3) is 0 Å². The van der Waals surface area contributed by atoms with Gasteiger partial charge in [-0.3, -0.25) is 4.79 Å². The maximum absolute atomic E-state index is 12.2. The monoisotopic (exact) mass is 339 g/mol. The summed E-state index contributed by atoms with van der Waals surface area (Å²) in [6.07, 6.45) is 3.12. The highest BCUT2D eigenvalue weighted by atomic mass is 35.5. The fourth-order valence-electron chi connectivity index (χ4n) is 2.50. The lowest BCUT2D eigenvalue weighted by molar-refractivity contribution is -0.119. The van der Waals surface area contributed by atoms with Gasteiger partial charge in [0.2, 0.25) is 5.91 Å². The van der Waals surface area contributed by atoms with Crippen molar-refractivity contribution in [3.8, 4) is 0 Å². The average molecular weight is 340 g/mol.